The van der Waals surface area contributed by atoms with Crippen LogP contribution in [0.15, 0.2) is 0 Å². The topological polar surface area (TPSA) is 72.2 Å². The van der Waals surface area contributed by atoms with E-state index in [9.17, 15) is 9.59 Å². The van der Waals surface area contributed by atoms with Gasteiger partial charge in [0.25, 0.3) is 0 Å². The van der Waals surface area contributed by atoms with Gasteiger partial charge in [0.1, 0.15) is 0 Å². The summed E-state index contributed by atoms with van der Waals surface area (Å²) in [5, 5.41) is 3.27. The Kier molecular flexibility index (Phi) is 5.70. The number of carbonyl (C=O) groups excluding carboxylic acids is 2. The molecule has 0 aromatic rings. The Labute approximate surface area is 80.0 Å². The van der Waals surface area contributed by atoms with Crippen LogP contribution < -0.4 is 11.1 Å². The van der Waals surface area contributed by atoms with Crippen molar-refractivity contribution < 1.29 is 9.59 Å². The van der Waals surface area contributed by atoms with Crippen molar-refractivity contribution in [2.75, 3.05) is 5.33 Å². The van der Waals surface area contributed by atoms with Crippen LogP contribution in [-0.4, -0.2) is 23.2 Å². The molecule has 0 aromatic carbocycles. The van der Waals surface area contributed by atoms with Crippen molar-refractivity contribution in [1.82, 2.24) is 5.32 Å². The Hall–Kier alpha value is -0.580. The predicted octanol–water partition coefficient (Wildman–Crippen LogP) is 0.151. The molecule has 0 aliphatic heterocycles. The van der Waals surface area contributed by atoms with Gasteiger partial charge >= 0.3 is 0 Å². The van der Waals surface area contributed by atoms with E-state index in [0.717, 1.165) is 0 Å². The molecule has 0 saturated heterocycles. The second kappa shape index (κ2) is 5.99. The zero-order valence-electron chi connectivity index (χ0n) is 6.97. The highest BCUT2D eigenvalue weighted by molar-refractivity contribution is 9.09. The third kappa shape index (κ3) is 6.15. The average molecular weight is 237 g/mol. The molecule has 4 nitrogen and oxygen atoms in total. The van der Waals surface area contributed by atoms with Crippen molar-refractivity contribution in [3.05, 3.63) is 0 Å². The van der Waals surface area contributed by atoms with Gasteiger partial charge in [-0.1, -0.05) is 15.9 Å². The lowest BCUT2D eigenvalue weighted by molar-refractivity contribution is -0.122. The number of rotatable bonds is 5. The molecule has 70 valence electrons. The van der Waals surface area contributed by atoms with Crippen molar-refractivity contribution in [3.8, 4) is 0 Å². The first kappa shape index (κ1) is 11.4. The Balaban J connectivity index is 3.61. The van der Waals surface area contributed by atoms with E-state index in [0.29, 0.717) is 11.8 Å². The van der Waals surface area contributed by atoms with E-state index in [1.165, 1.54) is 0 Å². The molecule has 0 saturated carbocycles. The Morgan fingerprint density at radius 3 is 2.58 bits per heavy atom. The van der Waals surface area contributed by atoms with E-state index >= 15 is 0 Å². The van der Waals surface area contributed by atoms with Crippen LogP contribution in [0.2, 0.25) is 0 Å². The summed E-state index contributed by atoms with van der Waals surface area (Å²) in [6.07, 6.45) is 0.608. The molecule has 0 radical (unpaired) electrons. The smallest absolute Gasteiger partial charge is 0.221 e. The summed E-state index contributed by atoms with van der Waals surface area (Å²) in [5.74, 6) is -0.470. The van der Waals surface area contributed by atoms with Crippen LogP contribution in [0.5, 0.6) is 0 Å². The fourth-order valence-corrected chi connectivity index (χ4v) is 1.15. The number of hydrogen-bond donors (Lipinski definition) is 2. The van der Waals surface area contributed by atoms with E-state index < -0.39 is 5.91 Å². The third-order valence-electron chi connectivity index (χ3n) is 1.24. The minimum absolute atomic E-state index is 0.0689. The fourth-order valence-electron chi connectivity index (χ4n) is 0.786. The first-order valence-corrected chi connectivity index (χ1v) is 4.82. The lowest BCUT2D eigenvalue weighted by Crippen LogP contribution is -2.35. The largest absolute Gasteiger partial charge is 0.370 e. The van der Waals surface area contributed by atoms with Crippen molar-refractivity contribution in [3.63, 3.8) is 0 Å². The number of hydrogen-bond acceptors (Lipinski definition) is 2. The Morgan fingerprint density at radius 1 is 1.58 bits per heavy atom. The van der Waals surface area contributed by atoms with Crippen molar-refractivity contribution in [1.29, 1.82) is 0 Å². The molecule has 0 bridgehead atoms. The molecule has 5 heteroatoms. The number of alkyl halides is 1. The number of nitrogens with one attached hydrogen (secondary N) is 1. The summed E-state index contributed by atoms with van der Waals surface area (Å²) >= 11 is 3.14. The van der Waals surface area contributed by atoms with Crippen molar-refractivity contribution in [2.45, 2.75) is 25.8 Å². The van der Waals surface area contributed by atoms with Gasteiger partial charge in [0, 0.05) is 24.2 Å². The molecule has 3 N–H and O–H groups in total. The van der Waals surface area contributed by atoms with E-state index in [-0.39, 0.29) is 18.4 Å². The SMILES string of the molecule is CC(CC(N)=O)NC(=O)CCBr. The molecule has 0 fully saturated rings. The summed E-state index contributed by atoms with van der Waals surface area (Å²) in [6.45, 7) is 1.75. The van der Waals surface area contributed by atoms with Crippen LogP contribution in [0.1, 0.15) is 19.8 Å². The Bertz CT molecular complexity index is 173. The summed E-state index contributed by atoms with van der Waals surface area (Å²) in [4.78, 5) is 21.4. The molecule has 0 aliphatic carbocycles. The van der Waals surface area contributed by atoms with Gasteiger partial charge in [-0.05, 0) is 6.92 Å². The number of halogens is 1. The van der Waals surface area contributed by atoms with Gasteiger partial charge < -0.3 is 11.1 Å². The van der Waals surface area contributed by atoms with Crippen LogP contribution in [0.4, 0.5) is 0 Å². The molecule has 0 aliphatic rings. The van der Waals surface area contributed by atoms with E-state index in [2.05, 4.69) is 21.2 Å². The number of carbonyl (C=O) groups is 2. The molecule has 12 heavy (non-hydrogen) atoms. The first-order valence-electron chi connectivity index (χ1n) is 3.70. The average Bonchev–Trinajstić information content (AvgIpc) is 1.84. The lowest BCUT2D eigenvalue weighted by atomic mass is 10.2. The van der Waals surface area contributed by atoms with Crippen molar-refractivity contribution >= 4 is 27.7 Å². The molecular formula is C7H13BrN2O2. The van der Waals surface area contributed by atoms with E-state index in [4.69, 9.17) is 5.73 Å². The van der Waals surface area contributed by atoms with Crippen LogP contribution in [0.25, 0.3) is 0 Å². The summed E-state index contributed by atoms with van der Waals surface area (Å²) < 4.78 is 0. The predicted molar refractivity (Wildman–Crippen MR) is 49.8 cm³/mol. The molecule has 2 amide bonds. The highest BCUT2D eigenvalue weighted by Gasteiger charge is 2.08. The van der Waals surface area contributed by atoms with Crippen LogP contribution in [-0.2, 0) is 9.59 Å². The van der Waals surface area contributed by atoms with Gasteiger partial charge in [0.15, 0.2) is 0 Å². The van der Waals surface area contributed by atoms with Gasteiger partial charge in [-0.15, -0.1) is 0 Å². The maximum absolute atomic E-state index is 10.9. The molecule has 1 unspecified atom stereocenters. The minimum atomic E-state index is -0.401. The molecule has 0 spiro atoms. The van der Waals surface area contributed by atoms with Gasteiger partial charge in [0.2, 0.25) is 11.8 Å². The quantitative estimate of drug-likeness (QED) is 0.668. The maximum atomic E-state index is 10.9. The molecule has 0 rings (SSSR count). The van der Waals surface area contributed by atoms with Gasteiger partial charge in [-0.3, -0.25) is 9.59 Å². The van der Waals surface area contributed by atoms with Crippen LogP contribution in [0.3, 0.4) is 0 Å². The monoisotopic (exact) mass is 236 g/mol. The van der Waals surface area contributed by atoms with Crippen LogP contribution >= 0.6 is 15.9 Å². The number of amides is 2. The first-order chi connectivity index (χ1) is 5.56. The maximum Gasteiger partial charge on any atom is 0.221 e. The van der Waals surface area contributed by atoms with E-state index in [1.54, 1.807) is 6.92 Å². The zero-order chi connectivity index (χ0) is 9.56. The highest BCUT2D eigenvalue weighted by atomic mass is 79.9. The number of nitrogens with two attached hydrogens (primary N) is 1. The number of primary amides is 1. The molecule has 1 atom stereocenters. The van der Waals surface area contributed by atoms with Gasteiger partial charge in [0.05, 0.1) is 0 Å². The highest BCUT2D eigenvalue weighted by Crippen LogP contribution is 1.92. The zero-order valence-corrected chi connectivity index (χ0v) is 8.56. The second-order valence-corrected chi connectivity index (χ2v) is 3.37. The summed E-state index contributed by atoms with van der Waals surface area (Å²) in [7, 11) is 0. The molecule has 0 aromatic heterocycles. The summed E-state index contributed by atoms with van der Waals surface area (Å²) in [6, 6.07) is -0.172. The van der Waals surface area contributed by atoms with Crippen LogP contribution in [0, 0.1) is 0 Å². The van der Waals surface area contributed by atoms with Gasteiger partial charge in [-0.25, -0.2) is 0 Å². The van der Waals surface area contributed by atoms with Gasteiger partial charge in [-0.2, -0.15) is 0 Å². The van der Waals surface area contributed by atoms with E-state index in [1.807, 2.05) is 0 Å². The fraction of sp³-hybridized carbons (Fsp3) is 0.714. The standard InChI is InChI=1S/C7H13BrN2O2/c1-5(4-6(9)11)10-7(12)2-3-8/h5H,2-4H2,1H3,(H2,9,11)(H,10,12). The normalized spacial score (nSPS) is 12.2. The second-order valence-electron chi connectivity index (χ2n) is 2.58. The third-order valence-corrected chi connectivity index (χ3v) is 1.63. The summed E-state index contributed by atoms with van der Waals surface area (Å²) in [5.41, 5.74) is 4.94. The lowest BCUT2D eigenvalue weighted by Gasteiger charge is -2.10. The molecule has 0 heterocycles. The Morgan fingerprint density at radius 2 is 2.17 bits per heavy atom. The van der Waals surface area contributed by atoms with Crippen molar-refractivity contribution in [2.24, 2.45) is 5.73 Å². The molecular weight excluding hydrogens is 224 g/mol. The minimum Gasteiger partial charge on any atom is -0.370 e.